The van der Waals surface area contributed by atoms with Gasteiger partial charge < -0.3 is 15.3 Å². The Morgan fingerprint density at radius 1 is 0.583 bits per heavy atom. The first kappa shape index (κ1) is 16.9. The van der Waals surface area contributed by atoms with Crippen molar-refractivity contribution in [2.75, 3.05) is 0 Å². The van der Waals surface area contributed by atoms with E-state index in [0.29, 0.717) is 0 Å². The molecule has 0 aliphatic carbocycles. The van der Waals surface area contributed by atoms with Crippen LogP contribution in [-0.2, 0) is 0 Å². The first-order valence-corrected chi connectivity index (χ1v) is 6.70. The lowest BCUT2D eigenvalue weighted by Crippen LogP contribution is -2.04. The van der Waals surface area contributed by atoms with Crippen molar-refractivity contribution in [3.05, 3.63) is 58.7 Å². The number of rotatable bonds is 5. The predicted molar refractivity (Wildman–Crippen MR) is 82.8 cm³/mol. The fourth-order valence-corrected chi connectivity index (χ4v) is 2.16. The molecule has 0 aliphatic rings. The number of carbonyl (C=O) groups excluding carboxylic acids is 1. The van der Waals surface area contributed by atoms with Crippen LogP contribution in [0.25, 0.3) is 11.1 Å². The van der Waals surface area contributed by atoms with Gasteiger partial charge >= 0.3 is 17.9 Å². The van der Waals surface area contributed by atoms with E-state index in [0.717, 1.165) is 6.07 Å². The molecule has 0 aliphatic heterocycles. The van der Waals surface area contributed by atoms with Gasteiger partial charge in [0.05, 0.1) is 16.7 Å². The Hall–Kier alpha value is -3.48. The Morgan fingerprint density at radius 3 is 1.17 bits per heavy atom. The summed E-state index contributed by atoms with van der Waals surface area (Å²) in [5.74, 6) is -4.26. The molecule has 0 spiro atoms. The molecule has 2 aromatic rings. The maximum atomic E-state index is 11.6. The van der Waals surface area contributed by atoms with Crippen LogP contribution in [0.2, 0.25) is 0 Å². The van der Waals surface area contributed by atoms with Gasteiger partial charge in [-0.05, 0) is 54.4 Å². The van der Waals surface area contributed by atoms with Crippen LogP contribution in [0.4, 0.5) is 0 Å². The third-order valence-corrected chi connectivity index (χ3v) is 3.35. The number of hydrogen-bond acceptors (Lipinski definition) is 4. The second-order valence-corrected chi connectivity index (χ2v) is 5.07. The SMILES string of the molecule is CC(=O)c1cc(C(=O)O)cc(-c2cc(C(=O)O)cc(C(=O)O)c2)c1. The zero-order valence-electron chi connectivity index (χ0n) is 12.4. The highest BCUT2D eigenvalue weighted by atomic mass is 16.4. The topological polar surface area (TPSA) is 129 Å². The molecule has 7 nitrogen and oxygen atoms in total. The predicted octanol–water partition coefficient (Wildman–Crippen LogP) is 2.65. The van der Waals surface area contributed by atoms with Gasteiger partial charge in [-0.1, -0.05) is 0 Å². The number of ketones is 1. The Balaban J connectivity index is 2.74. The normalized spacial score (nSPS) is 10.2. The molecule has 7 heteroatoms. The molecule has 122 valence electrons. The highest BCUT2D eigenvalue weighted by Crippen LogP contribution is 2.26. The summed E-state index contributed by atoms with van der Waals surface area (Å²) in [7, 11) is 0. The minimum atomic E-state index is -1.32. The Morgan fingerprint density at radius 2 is 0.875 bits per heavy atom. The van der Waals surface area contributed by atoms with Gasteiger partial charge in [0.2, 0.25) is 0 Å². The fourth-order valence-electron chi connectivity index (χ4n) is 2.16. The van der Waals surface area contributed by atoms with E-state index in [1.54, 1.807) is 0 Å². The van der Waals surface area contributed by atoms with Gasteiger partial charge in [-0.15, -0.1) is 0 Å². The first-order chi connectivity index (χ1) is 11.2. The number of hydrogen-bond donors (Lipinski definition) is 3. The van der Waals surface area contributed by atoms with E-state index in [1.807, 2.05) is 0 Å². The standard InChI is InChI=1S/C17H12O7/c1-8(18)9-2-10(4-12(3-9)15(19)20)11-5-13(16(21)22)7-14(6-11)17(23)24/h2-7H,1H3,(H,19,20)(H,21,22)(H,23,24). The van der Waals surface area contributed by atoms with E-state index in [2.05, 4.69) is 0 Å². The molecule has 0 saturated carbocycles. The van der Waals surface area contributed by atoms with Gasteiger partial charge in [-0.3, -0.25) is 4.79 Å². The minimum absolute atomic E-state index is 0.127. The van der Waals surface area contributed by atoms with Crippen LogP contribution in [-0.4, -0.2) is 39.0 Å². The molecule has 0 saturated heterocycles. The molecular formula is C17H12O7. The van der Waals surface area contributed by atoms with E-state index >= 15 is 0 Å². The summed E-state index contributed by atoms with van der Waals surface area (Å²) in [6.07, 6.45) is 0. The molecular weight excluding hydrogens is 316 g/mol. The van der Waals surface area contributed by atoms with Crippen LogP contribution in [0.3, 0.4) is 0 Å². The van der Waals surface area contributed by atoms with Crippen LogP contribution in [0.15, 0.2) is 36.4 Å². The van der Waals surface area contributed by atoms with Crippen LogP contribution < -0.4 is 0 Å². The summed E-state index contributed by atoms with van der Waals surface area (Å²) < 4.78 is 0. The summed E-state index contributed by atoms with van der Waals surface area (Å²) in [5, 5.41) is 27.4. The molecule has 0 bridgehead atoms. The molecule has 0 amide bonds. The van der Waals surface area contributed by atoms with Crippen LogP contribution >= 0.6 is 0 Å². The molecule has 0 atom stereocenters. The Kier molecular flexibility index (Phi) is 4.45. The highest BCUT2D eigenvalue weighted by molar-refractivity contribution is 6.00. The van der Waals surface area contributed by atoms with Crippen LogP contribution in [0.5, 0.6) is 0 Å². The largest absolute Gasteiger partial charge is 0.478 e. The molecule has 0 fully saturated rings. The monoisotopic (exact) mass is 328 g/mol. The molecule has 24 heavy (non-hydrogen) atoms. The summed E-state index contributed by atoms with van der Waals surface area (Å²) in [6.45, 7) is 1.26. The number of benzene rings is 2. The van der Waals surface area contributed by atoms with Gasteiger partial charge in [0.25, 0.3) is 0 Å². The maximum absolute atomic E-state index is 11.6. The maximum Gasteiger partial charge on any atom is 0.335 e. The molecule has 0 radical (unpaired) electrons. The average molecular weight is 328 g/mol. The highest BCUT2D eigenvalue weighted by Gasteiger charge is 2.15. The number of Topliss-reactive ketones (excluding diaryl/α,β-unsaturated/α-hetero) is 1. The molecule has 0 unspecified atom stereocenters. The number of carboxylic acid groups (broad SMARTS) is 3. The summed E-state index contributed by atoms with van der Waals surface area (Å²) >= 11 is 0. The van der Waals surface area contributed by atoms with Gasteiger partial charge in [0.1, 0.15) is 0 Å². The lowest BCUT2D eigenvalue weighted by Gasteiger charge is -2.09. The van der Waals surface area contributed by atoms with Gasteiger partial charge in [-0.25, -0.2) is 14.4 Å². The van der Waals surface area contributed by atoms with E-state index in [-0.39, 0.29) is 39.2 Å². The lowest BCUT2D eigenvalue weighted by atomic mass is 9.95. The van der Waals surface area contributed by atoms with E-state index < -0.39 is 17.9 Å². The zero-order chi connectivity index (χ0) is 18.0. The quantitative estimate of drug-likeness (QED) is 0.719. The molecule has 0 heterocycles. The molecule has 2 rings (SSSR count). The van der Waals surface area contributed by atoms with Crippen LogP contribution in [0.1, 0.15) is 48.4 Å². The van der Waals surface area contributed by atoms with Crippen molar-refractivity contribution >= 4 is 23.7 Å². The van der Waals surface area contributed by atoms with E-state index in [4.69, 9.17) is 15.3 Å². The number of aromatic carboxylic acids is 3. The molecule has 0 aromatic heterocycles. The zero-order valence-corrected chi connectivity index (χ0v) is 12.4. The Bertz CT molecular complexity index is 743. The van der Waals surface area contributed by atoms with Crippen molar-refractivity contribution in [3.63, 3.8) is 0 Å². The van der Waals surface area contributed by atoms with Crippen molar-refractivity contribution in [1.29, 1.82) is 0 Å². The Labute approximate surface area is 135 Å². The summed E-state index contributed by atoms with van der Waals surface area (Å²) in [5.41, 5.74) is -0.105. The van der Waals surface area contributed by atoms with E-state index in [9.17, 15) is 19.2 Å². The fraction of sp³-hybridized carbons (Fsp3) is 0.0588. The van der Waals surface area contributed by atoms with Gasteiger partial charge in [0, 0.05) is 5.56 Å². The second kappa shape index (κ2) is 6.33. The first-order valence-electron chi connectivity index (χ1n) is 6.70. The number of carboxylic acids is 3. The second-order valence-electron chi connectivity index (χ2n) is 5.07. The average Bonchev–Trinajstić information content (AvgIpc) is 2.53. The number of carbonyl (C=O) groups is 4. The van der Waals surface area contributed by atoms with E-state index in [1.165, 1.54) is 37.3 Å². The minimum Gasteiger partial charge on any atom is -0.478 e. The van der Waals surface area contributed by atoms with Crippen molar-refractivity contribution < 1.29 is 34.5 Å². The van der Waals surface area contributed by atoms with Crippen molar-refractivity contribution in [3.8, 4) is 11.1 Å². The summed E-state index contributed by atoms with van der Waals surface area (Å²) in [6, 6.07) is 7.29. The lowest BCUT2D eigenvalue weighted by molar-refractivity contribution is 0.0681. The summed E-state index contributed by atoms with van der Waals surface area (Å²) in [4.78, 5) is 45.1. The molecule has 2 aromatic carbocycles. The van der Waals surface area contributed by atoms with Gasteiger partial charge in [-0.2, -0.15) is 0 Å². The van der Waals surface area contributed by atoms with Crippen molar-refractivity contribution in [2.24, 2.45) is 0 Å². The van der Waals surface area contributed by atoms with Crippen molar-refractivity contribution in [1.82, 2.24) is 0 Å². The smallest absolute Gasteiger partial charge is 0.335 e. The van der Waals surface area contributed by atoms with Gasteiger partial charge in [0.15, 0.2) is 5.78 Å². The van der Waals surface area contributed by atoms with Crippen molar-refractivity contribution in [2.45, 2.75) is 6.92 Å². The molecule has 3 N–H and O–H groups in total. The van der Waals surface area contributed by atoms with Crippen LogP contribution in [0, 0.1) is 0 Å². The third kappa shape index (κ3) is 3.46. The third-order valence-electron chi connectivity index (χ3n) is 3.35.